The van der Waals surface area contributed by atoms with Crippen molar-refractivity contribution in [3.63, 3.8) is 0 Å². The van der Waals surface area contributed by atoms with Crippen LogP contribution >= 0.6 is 0 Å². The Morgan fingerprint density at radius 1 is 1.47 bits per heavy atom. The molecular formula is C13H18N2O2. The van der Waals surface area contributed by atoms with Gasteiger partial charge in [0.25, 0.3) is 0 Å². The van der Waals surface area contributed by atoms with Crippen LogP contribution in [0.5, 0.6) is 0 Å². The quantitative estimate of drug-likeness (QED) is 0.783. The standard InChI is InChI=1S/C13H18N2O2/c1-4-14-13(17)8-15(3)12-6-5-10(2)7-11(12)9-16/h5-7,9H,4,8H2,1-3H3,(H,14,17). The Kier molecular flexibility index (Phi) is 4.69. The number of nitrogens with zero attached hydrogens (tertiary/aromatic N) is 1. The minimum Gasteiger partial charge on any atom is -0.365 e. The molecule has 1 N–H and O–H groups in total. The Hall–Kier alpha value is -1.84. The van der Waals surface area contributed by atoms with E-state index in [0.29, 0.717) is 12.1 Å². The van der Waals surface area contributed by atoms with E-state index in [1.807, 2.05) is 32.0 Å². The molecule has 0 aliphatic rings. The summed E-state index contributed by atoms with van der Waals surface area (Å²) < 4.78 is 0. The number of nitrogens with one attached hydrogen (secondary N) is 1. The predicted octanol–water partition coefficient (Wildman–Crippen LogP) is 1.38. The Morgan fingerprint density at radius 2 is 2.18 bits per heavy atom. The lowest BCUT2D eigenvalue weighted by Crippen LogP contribution is -2.35. The number of benzene rings is 1. The van der Waals surface area contributed by atoms with Crippen LogP contribution in [-0.2, 0) is 4.79 Å². The Bertz CT molecular complexity index is 416. The summed E-state index contributed by atoms with van der Waals surface area (Å²) in [6, 6.07) is 5.60. The highest BCUT2D eigenvalue weighted by atomic mass is 16.2. The fraction of sp³-hybridized carbons (Fsp3) is 0.385. The minimum atomic E-state index is -0.0487. The molecule has 0 aromatic heterocycles. The van der Waals surface area contributed by atoms with E-state index >= 15 is 0 Å². The van der Waals surface area contributed by atoms with Crippen molar-refractivity contribution in [3.05, 3.63) is 29.3 Å². The van der Waals surface area contributed by atoms with E-state index in [1.54, 1.807) is 11.9 Å². The fourth-order valence-corrected chi connectivity index (χ4v) is 1.67. The van der Waals surface area contributed by atoms with Gasteiger partial charge in [0.2, 0.25) is 5.91 Å². The van der Waals surface area contributed by atoms with Gasteiger partial charge in [-0.25, -0.2) is 0 Å². The first-order valence-electron chi connectivity index (χ1n) is 5.62. The van der Waals surface area contributed by atoms with Gasteiger partial charge >= 0.3 is 0 Å². The summed E-state index contributed by atoms with van der Waals surface area (Å²) >= 11 is 0. The first-order chi connectivity index (χ1) is 8.08. The zero-order chi connectivity index (χ0) is 12.8. The first kappa shape index (κ1) is 13.2. The summed E-state index contributed by atoms with van der Waals surface area (Å²) in [7, 11) is 1.80. The number of carbonyl (C=O) groups is 2. The van der Waals surface area contributed by atoms with Gasteiger partial charge in [-0.05, 0) is 26.0 Å². The van der Waals surface area contributed by atoms with Crippen LogP contribution in [0, 0.1) is 6.92 Å². The second-order valence-corrected chi connectivity index (χ2v) is 3.99. The molecule has 0 saturated heterocycles. The summed E-state index contributed by atoms with van der Waals surface area (Å²) in [6.07, 6.45) is 0.816. The van der Waals surface area contributed by atoms with Gasteiger partial charge < -0.3 is 10.2 Å². The molecule has 1 amide bonds. The highest BCUT2D eigenvalue weighted by molar-refractivity contribution is 5.87. The maximum absolute atomic E-state index is 11.5. The number of amides is 1. The number of aryl methyl sites for hydroxylation is 1. The normalized spacial score (nSPS) is 9.82. The largest absolute Gasteiger partial charge is 0.365 e. The van der Waals surface area contributed by atoms with Crippen LogP contribution < -0.4 is 10.2 Å². The molecule has 0 radical (unpaired) electrons. The van der Waals surface area contributed by atoms with Crippen LogP contribution in [0.3, 0.4) is 0 Å². The summed E-state index contributed by atoms with van der Waals surface area (Å²) in [4.78, 5) is 24.2. The van der Waals surface area contributed by atoms with E-state index in [-0.39, 0.29) is 12.5 Å². The van der Waals surface area contributed by atoms with Crippen molar-refractivity contribution in [3.8, 4) is 0 Å². The van der Waals surface area contributed by atoms with Gasteiger partial charge in [0, 0.05) is 24.8 Å². The minimum absolute atomic E-state index is 0.0487. The molecule has 17 heavy (non-hydrogen) atoms. The lowest BCUT2D eigenvalue weighted by atomic mass is 10.1. The molecule has 4 heteroatoms. The zero-order valence-electron chi connectivity index (χ0n) is 10.5. The van der Waals surface area contributed by atoms with E-state index in [4.69, 9.17) is 0 Å². The zero-order valence-corrected chi connectivity index (χ0v) is 10.5. The monoisotopic (exact) mass is 234 g/mol. The number of hydrogen-bond donors (Lipinski definition) is 1. The van der Waals surface area contributed by atoms with E-state index in [1.165, 1.54) is 0 Å². The van der Waals surface area contributed by atoms with Crippen LogP contribution in [0.25, 0.3) is 0 Å². The topological polar surface area (TPSA) is 49.4 Å². The van der Waals surface area contributed by atoms with Gasteiger partial charge in [-0.1, -0.05) is 11.6 Å². The van der Waals surface area contributed by atoms with Gasteiger partial charge in [0.1, 0.15) is 0 Å². The van der Waals surface area contributed by atoms with Crippen molar-refractivity contribution < 1.29 is 9.59 Å². The van der Waals surface area contributed by atoms with Crippen LogP contribution in [0.4, 0.5) is 5.69 Å². The number of aldehydes is 1. The highest BCUT2D eigenvalue weighted by Gasteiger charge is 2.10. The van der Waals surface area contributed by atoms with Crippen molar-refractivity contribution in [1.82, 2.24) is 5.32 Å². The van der Waals surface area contributed by atoms with Gasteiger partial charge in [0.15, 0.2) is 6.29 Å². The number of hydrogen-bond acceptors (Lipinski definition) is 3. The molecule has 0 fully saturated rings. The molecule has 1 aromatic carbocycles. The third-order valence-electron chi connectivity index (χ3n) is 2.48. The van der Waals surface area contributed by atoms with E-state index < -0.39 is 0 Å². The summed E-state index contributed by atoms with van der Waals surface area (Å²) in [5.41, 5.74) is 2.41. The summed E-state index contributed by atoms with van der Waals surface area (Å²) in [5.74, 6) is -0.0487. The molecule has 4 nitrogen and oxygen atoms in total. The molecule has 0 bridgehead atoms. The van der Waals surface area contributed by atoms with Gasteiger partial charge in [-0.3, -0.25) is 9.59 Å². The molecule has 0 spiro atoms. The van der Waals surface area contributed by atoms with Crippen molar-refractivity contribution in [2.45, 2.75) is 13.8 Å². The number of carbonyl (C=O) groups excluding carboxylic acids is 2. The molecule has 1 aromatic rings. The van der Waals surface area contributed by atoms with Gasteiger partial charge in [-0.2, -0.15) is 0 Å². The van der Waals surface area contributed by atoms with Crippen LogP contribution in [0.2, 0.25) is 0 Å². The van der Waals surface area contributed by atoms with Crippen molar-refractivity contribution in [1.29, 1.82) is 0 Å². The lowest BCUT2D eigenvalue weighted by molar-refractivity contribution is -0.119. The van der Waals surface area contributed by atoms with Crippen molar-refractivity contribution >= 4 is 17.9 Å². The summed E-state index contributed by atoms with van der Waals surface area (Å²) in [6.45, 7) is 4.67. The smallest absolute Gasteiger partial charge is 0.239 e. The molecule has 1 rings (SSSR count). The number of likely N-dealkylation sites (N-methyl/N-ethyl adjacent to an activating group) is 2. The lowest BCUT2D eigenvalue weighted by Gasteiger charge is -2.20. The number of anilines is 1. The van der Waals surface area contributed by atoms with Gasteiger partial charge in [-0.15, -0.1) is 0 Å². The number of rotatable bonds is 5. The average molecular weight is 234 g/mol. The second kappa shape index (κ2) is 6.03. The molecule has 0 unspecified atom stereocenters. The maximum atomic E-state index is 11.5. The molecule has 0 saturated carbocycles. The molecule has 0 aliphatic carbocycles. The third kappa shape index (κ3) is 3.59. The van der Waals surface area contributed by atoms with Crippen LogP contribution in [-0.4, -0.2) is 32.3 Å². The van der Waals surface area contributed by atoms with E-state index in [0.717, 1.165) is 17.5 Å². The highest BCUT2D eigenvalue weighted by Crippen LogP contribution is 2.18. The second-order valence-electron chi connectivity index (χ2n) is 3.99. The van der Waals surface area contributed by atoms with Crippen molar-refractivity contribution in [2.75, 3.05) is 25.0 Å². The maximum Gasteiger partial charge on any atom is 0.239 e. The predicted molar refractivity (Wildman–Crippen MR) is 68.5 cm³/mol. The molecule has 92 valence electrons. The first-order valence-corrected chi connectivity index (χ1v) is 5.62. The SMILES string of the molecule is CCNC(=O)CN(C)c1ccc(C)cc1C=O. The van der Waals surface area contributed by atoms with E-state index in [2.05, 4.69) is 5.32 Å². The van der Waals surface area contributed by atoms with E-state index in [9.17, 15) is 9.59 Å². The summed E-state index contributed by atoms with van der Waals surface area (Å²) in [5, 5.41) is 2.73. The Labute approximate surface area is 102 Å². The van der Waals surface area contributed by atoms with Crippen LogP contribution in [0.1, 0.15) is 22.8 Å². The molecule has 0 aliphatic heterocycles. The van der Waals surface area contributed by atoms with Gasteiger partial charge in [0.05, 0.1) is 6.54 Å². The Balaban J connectivity index is 2.84. The third-order valence-corrected chi connectivity index (χ3v) is 2.48. The van der Waals surface area contributed by atoms with Crippen molar-refractivity contribution in [2.24, 2.45) is 0 Å². The van der Waals surface area contributed by atoms with Crippen LogP contribution in [0.15, 0.2) is 18.2 Å². The molecular weight excluding hydrogens is 216 g/mol. The average Bonchev–Trinajstić information content (AvgIpc) is 2.28. The molecule has 0 heterocycles. The Morgan fingerprint density at radius 3 is 2.76 bits per heavy atom. The molecule has 0 atom stereocenters. The fourth-order valence-electron chi connectivity index (χ4n) is 1.67.